The molecule has 2 N–H and O–H groups in total. The SMILES string of the molecule is CCOC(=O)COc1ccc(/C=N\NC(=O)CNc2ccc(I)cc2)cc1. The number of nitrogens with zero attached hydrogens (tertiary/aromatic N) is 1. The normalized spacial score (nSPS) is 10.4. The van der Waals surface area contributed by atoms with Crippen LogP contribution in [0.4, 0.5) is 5.69 Å². The molecule has 1 amide bonds. The van der Waals surface area contributed by atoms with Gasteiger partial charge >= 0.3 is 5.97 Å². The Kier molecular flexibility index (Phi) is 8.56. The average Bonchev–Trinajstić information content (AvgIpc) is 2.67. The lowest BCUT2D eigenvalue weighted by molar-refractivity contribution is -0.145. The lowest BCUT2D eigenvalue weighted by Crippen LogP contribution is -2.25. The Balaban J connectivity index is 1.72. The third kappa shape index (κ3) is 8.07. The number of anilines is 1. The summed E-state index contributed by atoms with van der Waals surface area (Å²) in [5.41, 5.74) is 4.11. The van der Waals surface area contributed by atoms with E-state index in [0.29, 0.717) is 12.4 Å². The predicted molar refractivity (Wildman–Crippen MR) is 112 cm³/mol. The third-order valence-electron chi connectivity index (χ3n) is 3.24. The van der Waals surface area contributed by atoms with E-state index >= 15 is 0 Å². The number of hydrogen-bond acceptors (Lipinski definition) is 6. The van der Waals surface area contributed by atoms with Crippen molar-refractivity contribution in [2.45, 2.75) is 6.92 Å². The van der Waals surface area contributed by atoms with Crippen LogP contribution < -0.4 is 15.5 Å². The van der Waals surface area contributed by atoms with Crippen molar-refractivity contribution >= 4 is 46.4 Å². The Morgan fingerprint density at radius 2 is 1.81 bits per heavy atom. The molecule has 0 bridgehead atoms. The molecule has 2 rings (SSSR count). The zero-order chi connectivity index (χ0) is 19.5. The average molecular weight is 481 g/mol. The topological polar surface area (TPSA) is 89.0 Å². The highest BCUT2D eigenvalue weighted by atomic mass is 127. The van der Waals surface area contributed by atoms with Crippen molar-refractivity contribution in [2.24, 2.45) is 5.10 Å². The lowest BCUT2D eigenvalue weighted by Gasteiger charge is -2.06. The van der Waals surface area contributed by atoms with Crippen LogP contribution in [0, 0.1) is 3.57 Å². The molecule has 0 heterocycles. The van der Waals surface area contributed by atoms with Crippen molar-refractivity contribution in [3.05, 3.63) is 57.7 Å². The molecule has 0 aromatic heterocycles. The number of ether oxygens (including phenoxy) is 2. The van der Waals surface area contributed by atoms with Gasteiger partial charge in [0.25, 0.3) is 5.91 Å². The van der Waals surface area contributed by atoms with Crippen LogP contribution in [0.1, 0.15) is 12.5 Å². The summed E-state index contributed by atoms with van der Waals surface area (Å²) in [5.74, 6) is -0.116. The van der Waals surface area contributed by atoms with Gasteiger partial charge in [-0.3, -0.25) is 4.79 Å². The van der Waals surface area contributed by atoms with Gasteiger partial charge in [-0.05, 0) is 83.6 Å². The van der Waals surface area contributed by atoms with Crippen LogP contribution in [0.2, 0.25) is 0 Å². The van der Waals surface area contributed by atoms with Gasteiger partial charge in [-0.15, -0.1) is 0 Å². The number of hydrazone groups is 1. The third-order valence-corrected chi connectivity index (χ3v) is 3.96. The van der Waals surface area contributed by atoms with E-state index in [2.05, 4.69) is 38.4 Å². The molecule has 7 nitrogen and oxygen atoms in total. The second-order valence-electron chi connectivity index (χ2n) is 5.32. The number of esters is 1. The number of halogens is 1. The standard InChI is InChI=1S/C19H20IN3O4/c1-2-26-19(25)13-27-17-9-3-14(4-10-17)11-22-23-18(24)12-21-16-7-5-15(20)6-8-16/h3-11,21H,2,12-13H2,1H3,(H,23,24)/b22-11-. The summed E-state index contributed by atoms with van der Waals surface area (Å²) in [6.45, 7) is 2.05. The molecule has 27 heavy (non-hydrogen) atoms. The molecule has 0 atom stereocenters. The molecule has 0 unspecified atom stereocenters. The van der Waals surface area contributed by atoms with Gasteiger partial charge in [-0.1, -0.05) is 0 Å². The Hall–Kier alpha value is -2.62. The monoisotopic (exact) mass is 481 g/mol. The minimum atomic E-state index is -0.412. The molecule has 0 spiro atoms. The van der Waals surface area contributed by atoms with Gasteiger partial charge in [0.1, 0.15) is 5.75 Å². The van der Waals surface area contributed by atoms with Gasteiger partial charge in [0.05, 0.1) is 19.4 Å². The summed E-state index contributed by atoms with van der Waals surface area (Å²) < 4.78 is 11.2. The van der Waals surface area contributed by atoms with E-state index in [1.165, 1.54) is 6.21 Å². The van der Waals surface area contributed by atoms with E-state index in [0.717, 1.165) is 14.8 Å². The minimum absolute atomic E-state index is 0.124. The second kappa shape index (κ2) is 11.2. The van der Waals surface area contributed by atoms with Crippen LogP contribution in [-0.4, -0.2) is 37.8 Å². The van der Waals surface area contributed by atoms with E-state index in [1.54, 1.807) is 31.2 Å². The zero-order valence-electron chi connectivity index (χ0n) is 14.8. The number of rotatable bonds is 9. The van der Waals surface area contributed by atoms with E-state index in [1.807, 2.05) is 24.3 Å². The second-order valence-corrected chi connectivity index (χ2v) is 6.56. The van der Waals surface area contributed by atoms with Crippen molar-refractivity contribution in [1.29, 1.82) is 0 Å². The number of benzene rings is 2. The maximum atomic E-state index is 11.8. The number of amides is 1. The summed E-state index contributed by atoms with van der Waals surface area (Å²) in [6.07, 6.45) is 1.53. The largest absolute Gasteiger partial charge is 0.482 e. The van der Waals surface area contributed by atoms with Gasteiger partial charge in [-0.25, -0.2) is 10.2 Å². The highest BCUT2D eigenvalue weighted by Crippen LogP contribution is 2.11. The maximum absolute atomic E-state index is 11.8. The van der Waals surface area contributed by atoms with Crippen LogP contribution in [-0.2, 0) is 14.3 Å². The number of carbonyl (C=O) groups is 2. The van der Waals surface area contributed by atoms with Gasteiger partial charge in [0.2, 0.25) is 0 Å². The molecule has 0 fully saturated rings. The van der Waals surface area contributed by atoms with Crippen molar-refractivity contribution < 1.29 is 19.1 Å². The molecule has 2 aromatic carbocycles. The van der Waals surface area contributed by atoms with Crippen molar-refractivity contribution in [3.8, 4) is 5.75 Å². The molecule has 2 aromatic rings. The van der Waals surface area contributed by atoms with Gasteiger partial charge in [-0.2, -0.15) is 5.10 Å². The van der Waals surface area contributed by atoms with Gasteiger partial charge in [0.15, 0.2) is 6.61 Å². The molecule has 0 saturated heterocycles. The Morgan fingerprint density at radius 3 is 2.48 bits per heavy atom. The molecule has 8 heteroatoms. The number of carbonyl (C=O) groups excluding carboxylic acids is 2. The van der Waals surface area contributed by atoms with Crippen molar-refractivity contribution in [3.63, 3.8) is 0 Å². The lowest BCUT2D eigenvalue weighted by atomic mass is 10.2. The first-order valence-corrected chi connectivity index (χ1v) is 9.34. The van der Waals surface area contributed by atoms with E-state index in [4.69, 9.17) is 9.47 Å². The molecule has 0 aliphatic heterocycles. The fourth-order valence-electron chi connectivity index (χ4n) is 1.96. The van der Waals surface area contributed by atoms with Crippen LogP contribution in [0.5, 0.6) is 5.75 Å². The highest BCUT2D eigenvalue weighted by Gasteiger charge is 2.03. The van der Waals surface area contributed by atoms with Gasteiger partial charge < -0.3 is 14.8 Å². The molecular weight excluding hydrogens is 461 g/mol. The van der Waals surface area contributed by atoms with Crippen molar-refractivity contribution in [1.82, 2.24) is 5.43 Å². The van der Waals surface area contributed by atoms with Crippen LogP contribution in [0.15, 0.2) is 53.6 Å². The molecule has 0 aliphatic carbocycles. The Bertz CT molecular complexity index is 777. The van der Waals surface area contributed by atoms with Crippen LogP contribution >= 0.6 is 22.6 Å². The molecule has 0 aliphatic rings. The predicted octanol–water partition coefficient (Wildman–Crippen LogP) is 2.80. The fraction of sp³-hybridized carbons (Fsp3) is 0.211. The summed E-state index contributed by atoms with van der Waals surface area (Å²) in [4.78, 5) is 23.0. The van der Waals surface area contributed by atoms with E-state index in [-0.39, 0.29) is 19.1 Å². The minimum Gasteiger partial charge on any atom is -0.482 e. The Morgan fingerprint density at radius 1 is 1.11 bits per heavy atom. The van der Waals surface area contributed by atoms with E-state index in [9.17, 15) is 9.59 Å². The summed E-state index contributed by atoms with van der Waals surface area (Å²) in [6, 6.07) is 14.7. The number of hydrogen-bond donors (Lipinski definition) is 2. The van der Waals surface area contributed by atoms with Crippen LogP contribution in [0.25, 0.3) is 0 Å². The summed E-state index contributed by atoms with van der Waals surface area (Å²) >= 11 is 2.22. The first-order valence-electron chi connectivity index (χ1n) is 8.26. The van der Waals surface area contributed by atoms with Crippen molar-refractivity contribution in [2.75, 3.05) is 25.1 Å². The number of nitrogens with one attached hydrogen (secondary N) is 2. The van der Waals surface area contributed by atoms with E-state index < -0.39 is 5.97 Å². The molecule has 142 valence electrons. The summed E-state index contributed by atoms with van der Waals surface area (Å²) in [5, 5.41) is 6.93. The van der Waals surface area contributed by atoms with Gasteiger partial charge in [0, 0.05) is 9.26 Å². The smallest absolute Gasteiger partial charge is 0.344 e. The molecule has 0 saturated carbocycles. The quantitative estimate of drug-likeness (QED) is 0.249. The molecular formula is C19H20IN3O4. The highest BCUT2D eigenvalue weighted by molar-refractivity contribution is 14.1. The first-order chi connectivity index (χ1) is 13.1. The van der Waals surface area contributed by atoms with Crippen LogP contribution in [0.3, 0.4) is 0 Å². The maximum Gasteiger partial charge on any atom is 0.344 e. The fourth-order valence-corrected chi connectivity index (χ4v) is 2.32. The first kappa shape index (κ1) is 20.7. The molecule has 0 radical (unpaired) electrons. The Labute approximate surface area is 171 Å². The zero-order valence-corrected chi connectivity index (χ0v) is 16.9. The summed E-state index contributed by atoms with van der Waals surface area (Å²) in [7, 11) is 0.